The van der Waals surface area contributed by atoms with Crippen LogP contribution in [0, 0.1) is 0 Å². The van der Waals surface area contributed by atoms with E-state index in [0.717, 1.165) is 0 Å². The van der Waals surface area contributed by atoms with E-state index < -0.39 is 11.2 Å². The van der Waals surface area contributed by atoms with Crippen LogP contribution in [0.5, 0.6) is 0 Å². The van der Waals surface area contributed by atoms with Gasteiger partial charge in [0.05, 0.1) is 6.33 Å². The van der Waals surface area contributed by atoms with E-state index in [0.29, 0.717) is 11.2 Å². The van der Waals surface area contributed by atoms with Gasteiger partial charge >= 0.3 is 64.8 Å². The summed E-state index contributed by atoms with van der Waals surface area (Å²) in [6.45, 7) is 0. The van der Waals surface area contributed by atoms with Crippen LogP contribution in [0.2, 0.25) is 0 Å². The Balaban J connectivity index is -0.000000422. The van der Waals surface area contributed by atoms with Crippen LogP contribution in [0.15, 0.2) is 15.9 Å². The Kier molecular flexibility index (Phi) is 5.35. The second-order valence-electron chi connectivity index (χ2n) is 2.42. The Labute approximate surface area is 126 Å². The molecule has 0 radical (unpaired) electrons. The number of imidazole rings is 1. The number of aryl methyl sites for hydroxylation is 1. The zero-order valence-corrected chi connectivity index (χ0v) is 12.3. The summed E-state index contributed by atoms with van der Waals surface area (Å²) in [5.74, 6) is 0. The fraction of sp³-hybridized carbons (Fsp3) is 0.167. The number of hydrogen-bond donors (Lipinski definition) is 2. The van der Waals surface area contributed by atoms with Crippen molar-refractivity contribution in [1.29, 1.82) is 0 Å². The number of nitrogens with one attached hydrogen (secondary N) is 2. The predicted octanol–water partition coefficient (Wildman–Crippen LogP) is -6.82. The number of aromatic nitrogens is 4. The third-order valence-electron chi connectivity index (χ3n) is 1.69. The van der Waals surface area contributed by atoms with E-state index in [1.54, 1.807) is 7.05 Å². The van der Waals surface area contributed by atoms with Crippen LogP contribution in [0.25, 0.3) is 11.2 Å². The molecule has 0 bridgehead atoms. The SMILES string of the molecule is Cn1c(=O)[nH]c(=O)c2[nH]cnc21.[H-].[H-].[Na+].[Na+]. The molecule has 0 aliphatic heterocycles. The summed E-state index contributed by atoms with van der Waals surface area (Å²) < 4.78 is 1.27. The van der Waals surface area contributed by atoms with Crippen LogP contribution < -0.4 is 70.4 Å². The van der Waals surface area contributed by atoms with Crippen molar-refractivity contribution in [1.82, 2.24) is 19.5 Å². The molecule has 0 spiro atoms. The third-order valence-corrected chi connectivity index (χ3v) is 1.69. The van der Waals surface area contributed by atoms with Gasteiger partial charge in [-0.05, 0) is 0 Å². The van der Waals surface area contributed by atoms with Crippen LogP contribution in [0.3, 0.4) is 0 Å². The van der Waals surface area contributed by atoms with E-state index in [4.69, 9.17) is 0 Å². The van der Waals surface area contributed by atoms with Crippen molar-refractivity contribution in [2.24, 2.45) is 7.05 Å². The van der Waals surface area contributed by atoms with Gasteiger partial charge in [0.1, 0.15) is 5.52 Å². The summed E-state index contributed by atoms with van der Waals surface area (Å²) >= 11 is 0. The van der Waals surface area contributed by atoms with Gasteiger partial charge in [-0.15, -0.1) is 0 Å². The summed E-state index contributed by atoms with van der Waals surface area (Å²) in [5, 5.41) is 0. The molecule has 0 amide bonds. The summed E-state index contributed by atoms with van der Waals surface area (Å²) in [4.78, 5) is 30.7. The summed E-state index contributed by atoms with van der Waals surface area (Å²) in [6.07, 6.45) is 1.37. The van der Waals surface area contributed by atoms with Gasteiger partial charge in [0.15, 0.2) is 5.65 Å². The number of H-pyrrole nitrogens is 2. The van der Waals surface area contributed by atoms with E-state index >= 15 is 0 Å². The fourth-order valence-corrected chi connectivity index (χ4v) is 1.05. The molecule has 2 rings (SSSR count). The summed E-state index contributed by atoms with van der Waals surface area (Å²) in [7, 11) is 1.54. The molecular formula is C6H8N4Na2O2. The summed E-state index contributed by atoms with van der Waals surface area (Å²) in [5.41, 5.74) is -0.217. The van der Waals surface area contributed by atoms with Gasteiger partial charge in [-0.1, -0.05) is 0 Å². The van der Waals surface area contributed by atoms with E-state index in [2.05, 4.69) is 15.0 Å². The summed E-state index contributed by atoms with van der Waals surface area (Å²) in [6, 6.07) is 0. The molecule has 0 aliphatic rings. The average molecular weight is 214 g/mol. The fourth-order valence-electron chi connectivity index (χ4n) is 1.05. The molecule has 2 aromatic rings. The van der Waals surface area contributed by atoms with Crippen molar-refractivity contribution in [2.45, 2.75) is 0 Å². The third kappa shape index (κ3) is 2.21. The monoisotopic (exact) mass is 214 g/mol. The van der Waals surface area contributed by atoms with Crippen LogP contribution >= 0.6 is 0 Å². The number of aromatic amines is 2. The van der Waals surface area contributed by atoms with Crippen LogP contribution in [-0.4, -0.2) is 19.5 Å². The molecule has 2 heterocycles. The largest absolute Gasteiger partial charge is 1.00 e. The predicted molar refractivity (Wildman–Crippen MR) is 44.2 cm³/mol. The maximum Gasteiger partial charge on any atom is 1.00 e. The van der Waals surface area contributed by atoms with Crippen molar-refractivity contribution in [2.75, 3.05) is 0 Å². The zero-order valence-electron chi connectivity index (χ0n) is 10.3. The average Bonchev–Trinajstić information content (AvgIpc) is 2.48. The Hall–Kier alpha value is 0.150. The van der Waals surface area contributed by atoms with Gasteiger partial charge in [-0.2, -0.15) is 0 Å². The van der Waals surface area contributed by atoms with Crippen LogP contribution in [-0.2, 0) is 7.05 Å². The van der Waals surface area contributed by atoms with Crippen molar-refractivity contribution in [3.8, 4) is 0 Å². The van der Waals surface area contributed by atoms with Gasteiger partial charge in [-0.25, -0.2) is 9.78 Å². The standard InChI is InChI=1S/C6H6N4O2.2Na.2H/c1-10-4-3(7-2-8-4)5(11)9-6(10)12;;;;/h2H,1H3,(H,7,8)(H,9,11,12);;;;/q;2*+1;2*-1. The molecule has 66 valence electrons. The molecule has 14 heavy (non-hydrogen) atoms. The van der Waals surface area contributed by atoms with E-state index in [1.165, 1.54) is 10.9 Å². The van der Waals surface area contributed by atoms with Crippen LogP contribution in [0.1, 0.15) is 2.85 Å². The van der Waals surface area contributed by atoms with Gasteiger partial charge in [-0.3, -0.25) is 14.3 Å². The Morgan fingerprint density at radius 2 is 2.07 bits per heavy atom. The topological polar surface area (TPSA) is 83.5 Å². The maximum atomic E-state index is 11.1. The minimum Gasteiger partial charge on any atom is -1.00 e. The Morgan fingerprint density at radius 3 is 2.71 bits per heavy atom. The molecule has 0 atom stereocenters. The van der Waals surface area contributed by atoms with E-state index in [9.17, 15) is 9.59 Å². The van der Waals surface area contributed by atoms with Crippen molar-refractivity contribution < 1.29 is 62.0 Å². The molecule has 2 N–H and O–H groups in total. The second kappa shape index (κ2) is 5.29. The van der Waals surface area contributed by atoms with Gasteiger partial charge in [0.25, 0.3) is 5.56 Å². The number of hydrogen-bond acceptors (Lipinski definition) is 3. The molecule has 0 aliphatic carbocycles. The number of nitrogens with zero attached hydrogens (tertiary/aromatic N) is 2. The molecule has 0 aromatic carbocycles. The van der Waals surface area contributed by atoms with Gasteiger partial charge in [0, 0.05) is 7.05 Å². The first-order valence-electron chi connectivity index (χ1n) is 3.32. The first kappa shape index (κ1) is 14.2. The molecule has 0 saturated carbocycles. The number of rotatable bonds is 0. The minimum atomic E-state index is -0.459. The molecule has 6 nitrogen and oxygen atoms in total. The maximum absolute atomic E-state index is 11.1. The van der Waals surface area contributed by atoms with Crippen molar-refractivity contribution >= 4 is 11.2 Å². The quantitative estimate of drug-likeness (QED) is 0.427. The van der Waals surface area contributed by atoms with Crippen molar-refractivity contribution in [3.05, 3.63) is 27.2 Å². The van der Waals surface area contributed by atoms with E-state index in [-0.39, 0.29) is 62.0 Å². The molecule has 8 heteroatoms. The van der Waals surface area contributed by atoms with Gasteiger partial charge < -0.3 is 7.84 Å². The first-order valence-corrected chi connectivity index (χ1v) is 3.32. The Bertz CT molecular complexity index is 549. The molecule has 2 aromatic heterocycles. The minimum absolute atomic E-state index is 0. The molecule has 0 fully saturated rings. The number of fused-ring (bicyclic) bond motifs is 1. The zero-order chi connectivity index (χ0) is 8.72. The van der Waals surface area contributed by atoms with Gasteiger partial charge in [0.2, 0.25) is 0 Å². The Morgan fingerprint density at radius 1 is 1.43 bits per heavy atom. The van der Waals surface area contributed by atoms with Crippen LogP contribution in [0.4, 0.5) is 0 Å². The normalized spacial score (nSPS) is 9.21. The smallest absolute Gasteiger partial charge is 1.00 e. The first-order chi connectivity index (χ1) is 5.70. The second-order valence-corrected chi connectivity index (χ2v) is 2.42. The molecular weight excluding hydrogens is 206 g/mol. The van der Waals surface area contributed by atoms with E-state index in [1.807, 2.05) is 0 Å². The molecule has 0 saturated heterocycles. The molecule has 0 unspecified atom stereocenters. The van der Waals surface area contributed by atoms with Crippen molar-refractivity contribution in [3.63, 3.8) is 0 Å².